The number of nitrogen functional groups attached to an aromatic ring is 1. The molecule has 0 saturated carbocycles. The minimum Gasteiger partial charge on any atom is -0.494 e. The van der Waals surface area contributed by atoms with Crippen molar-refractivity contribution in [3.8, 4) is 5.75 Å². The van der Waals surface area contributed by atoms with Gasteiger partial charge in [-0.1, -0.05) is 54.6 Å². The molecule has 18 heteroatoms. The second-order valence-corrected chi connectivity index (χ2v) is 13.0. The summed E-state index contributed by atoms with van der Waals surface area (Å²) in [5, 5.41) is 17.5. The summed E-state index contributed by atoms with van der Waals surface area (Å²) in [5.74, 6) is -3.93. The van der Waals surface area contributed by atoms with Crippen LogP contribution in [0.3, 0.4) is 0 Å². The molecule has 57 heavy (non-hydrogen) atoms. The number of fused-ring (bicyclic) bond motifs is 2. The molecule has 1 aliphatic rings. The third-order valence-electron chi connectivity index (χ3n) is 8.91. The van der Waals surface area contributed by atoms with Gasteiger partial charge in [0, 0.05) is 19.4 Å². The van der Waals surface area contributed by atoms with Crippen molar-refractivity contribution in [2.75, 3.05) is 25.4 Å². The summed E-state index contributed by atoms with van der Waals surface area (Å²) < 4.78 is 5.80. The summed E-state index contributed by atoms with van der Waals surface area (Å²) in [4.78, 5) is 104. The van der Waals surface area contributed by atoms with Gasteiger partial charge in [0.1, 0.15) is 23.5 Å². The van der Waals surface area contributed by atoms with Gasteiger partial charge in [-0.15, -0.1) is 0 Å². The van der Waals surface area contributed by atoms with Gasteiger partial charge in [0.25, 0.3) is 23.3 Å². The molecule has 5 aromatic rings. The monoisotopic (exact) mass is 775 g/mol. The number of nitrogens with zero attached hydrogens (tertiary/aromatic N) is 4. The fourth-order valence-electron chi connectivity index (χ4n) is 6.03. The molecule has 6 rings (SSSR count). The van der Waals surface area contributed by atoms with Crippen LogP contribution in [-0.4, -0.2) is 97.2 Å². The van der Waals surface area contributed by atoms with Crippen molar-refractivity contribution < 1.29 is 38.6 Å². The Hall–Kier alpha value is -7.50. The number of carbonyl (C=O) groups is 6. The highest BCUT2D eigenvalue weighted by Gasteiger charge is 2.34. The number of aliphatic carboxylic acids is 1. The SMILES string of the molecule is Nc1nc2nc(C(=O)NCC(=O)N[C@@H](Cc3ccccc3)C(=O)N[C@@H](Cc3ccc(OCCCCN4C(=O)c5ccccc5C4=O)cc3)C(=O)O)cnc2c(=O)[nH]1. The van der Waals surface area contributed by atoms with E-state index < -0.39 is 47.9 Å². The number of nitrogens with one attached hydrogen (secondary N) is 4. The van der Waals surface area contributed by atoms with Gasteiger partial charge in [0.05, 0.1) is 30.5 Å². The number of carboxylic acids is 1. The number of anilines is 1. The summed E-state index contributed by atoms with van der Waals surface area (Å²) in [7, 11) is 0. The normalized spacial score (nSPS) is 13.1. The second kappa shape index (κ2) is 17.8. The predicted octanol–water partition coefficient (Wildman–Crippen LogP) is 1.02. The fourth-order valence-corrected chi connectivity index (χ4v) is 6.03. The number of ether oxygens (including phenoxy) is 1. The standard InChI is InChI=1S/C39H37N9O9/c40-39-46-32-31(35(52)47-39)41-20-29(44-32)33(50)42-21-30(49)43-27(18-22-8-2-1-3-9-22)34(51)45-28(38(55)56)19-23-12-14-24(15-13-23)57-17-7-6-16-48-36(53)25-10-4-5-11-26(25)37(48)54/h1-5,8-15,20,27-28H,6-7,16-19,21H2,(H,42,50)(H,43,49)(H,45,51)(H,55,56)(H3,40,44,46,47,52)/t27-,28-/m0/s1. The number of imide groups is 1. The Balaban J connectivity index is 1.00. The molecule has 3 heterocycles. The highest BCUT2D eigenvalue weighted by atomic mass is 16.5. The van der Waals surface area contributed by atoms with Crippen molar-refractivity contribution in [1.29, 1.82) is 0 Å². The van der Waals surface area contributed by atoms with Crippen molar-refractivity contribution in [1.82, 2.24) is 40.8 Å². The van der Waals surface area contributed by atoms with Gasteiger partial charge in [0.15, 0.2) is 11.2 Å². The van der Waals surface area contributed by atoms with Crippen LogP contribution in [0.2, 0.25) is 0 Å². The zero-order valence-electron chi connectivity index (χ0n) is 30.3. The Kier molecular flexibility index (Phi) is 12.2. The number of nitrogens with two attached hydrogens (primary N) is 1. The van der Waals surface area contributed by atoms with Crippen LogP contribution >= 0.6 is 0 Å². The third kappa shape index (κ3) is 9.79. The van der Waals surface area contributed by atoms with Crippen molar-refractivity contribution in [2.24, 2.45) is 0 Å². The van der Waals surface area contributed by atoms with Crippen LogP contribution in [-0.2, 0) is 27.2 Å². The van der Waals surface area contributed by atoms with E-state index in [2.05, 4.69) is 35.9 Å². The molecule has 0 spiro atoms. The van der Waals surface area contributed by atoms with E-state index in [0.29, 0.717) is 47.5 Å². The number of aromatic nitrogens is 4. The Bertz CT molecular complexity index is 2350. The first-order valence-corrected chi connectivity index (χ1v) is 17.8. The molecule has 0 fully saturated rings. The number of hydrogen-bond donors (Lipinski definition) is 6. The van der Waals surface area contributed by atoms with Gasteiger partial charge in [-0.3, -0.25) is 38.7 Å². The molecule has 3 aromatic carbocycles. The molecule has 0 aliphatic carbocycles. The number of carbonyl (C=O) groups excluding carboxylic acids is 5. The van der Waals surface area contributed by atoms with Gasteiger partial charge in [-0.05, 0) is 48.2 Å². The molecule has 0 unspecified atom stereocenters. The maximum Gasteiger partial charge on any atom is 0.326 e. The van der Waals surface area contributed by atoms with E-state index in [-0.39, 0.29) is 54.0 Å². The lowest BCUT2D eigenvalue weighted by molar-refractivity contribution is -0.142. The smallest absolute Gasteiger partial charge is 0.326 e. The molecule has 0 radical (unpaired) electrons. The predicted molar refractivity (Wildman–Crippen MR) is 203 cm³/mol. The van der Waals surface area contributed by atoms with Crippen LogP contribution in [0, 0.1) is 0 Å². The summed E-state index contributed by atoms with van der Waals surface area (Å²) in [6.45, 7) is 0.0114. The summed E-state index contributed by atoms with van der Waals surface area (Å²) in [6.07, 6.45) is 2.09. The molecule has 5 amide bonds. The molecule has 1 aliphatic heterocycles. The number of H-pyrrole nitrogens is 1. The molecule has 2 atom stereocenters. The van der Waals surface area contributed by atoms with Crippen LogP contribution in [0.4, 0.5) is 5.95 Å². The molecule has 292 valence electrons. The zero-order valence-corrected chi connectivity index (χ0v) is 30.3. The van der Waals surface area contributed by atoms with Gasteiger partial charge < -0.3 is 31.5 Å². The minimum absolute atomic E-state index is 0.0147. The van der Waals surface area contributed by atoms with Gasteiger partial charge in [-0.2, -0.15) is 4.98 Å². The maximum absolute atomic E-state index is 13.5. The number of aromatic amines is 1. The van der Waals surface area contributed by atoms with Crippen LogP contribution in [0.5, 0.6) is 5.75 Å². The van der Waals surface area contributed by atoms with Crippen molar-refractivity contribution in [3.63, 3.8) is 0 Å². The number of rotatable bonds is 17. The first-order chi connectivity index (χ1) is 27.5. The average molecular weight is 776 g/mol. The zero-order chi connectivity index (χ0) is 40.5. The van der Waals surface area contributed by atoms with E-state index >= 15 is 0 Å². The van der Waals surface area contributed by atoms with Crippen LogP contribution < -0.4 is 32.0 Å². The Morgan fingerprint density at radius 3 is 2.14 bits per heavy atom. The number of hydrogen-bond acceptors (Lipinski definition) is 12. The number of carboxylic acid groups (broad SMARTS) is 1. The maximum atomic E-state index is 13.5. The highest BCUT2D eigenvalue weighted by Crippen LogP contribution is 2.23. The topological polar surface area (TPSA) is 269 Å². The minimum atomic E-state index is -1.36. The molecule has 18 nitrogen and oxygen atoms in total. The van der Waals surface area contributed by atoms with E-state index in [9.17, 15) is 38.7 Å². The lowest BCUT2D eigenvalue weighted by atomic mass is 10.0. The molecular formula is C39H37N9O9. The summed E-state index contributed by atoms with van der Waals surface area (Å²) in [5.41, 5.74) is 6.44. The molecule has 0 bridgehead atoms. The van der Waals surface area contributed by atoms with E-state index in [1.54, 1.807) is 78.9 Å². The Labute approximate surface area is 323 Å². The van der Waals surface area contributed by atoms with E-state index in [1.165, 1.54) is 4.90 Å². The van der Waals surface area contributed by atoms with Gasteiger partial charge in [0.2, 0.25) is 17.8 Å². The first-order valence-electron chi connectivity index (χ1n) is 17.8. The fraction of sp³-hybridized carbons (Fsp3) is 0.231. The van der Waals surface area contributed by atoms with E-state index in [0.717, 1.165) is 6.20 Å². The Morgan fingerprint density at radius 2 is 1.46 bits per heavy atom. The van der Waals surface area contributed by atoms with Gasteiger partial charge >= 0.3 is 5.97 Å². The Morgan fingerprint density at radius 1 is 0.807 bits per heavy atom. The van der Waals surface area contributed by atoms with E-state index in [4.69, 9.17) is 10.5 Å². The van der Waals surface area contributed by atoms with E-state index in [1.807, 2.05) is 0 Å². The van der Waals surface area contributed by atoms with Crippen LogP contribution in [0.1, 0.15) is 55.2 Å². The number of unbranched alkanes of at least 4 members (excludes halogenated alkanes) is 1. The first kappa shape index (κ1) is 39.2. The number of benzene rings is 3. The van der Waals surface area contributed by atoms with Crippen LogP contribution in [0.25, 0.3) is 11.2 Å². The van der Waals surface area contributed by atoms with Crippen LogP contribution in [0.15, 0.2) is 89.9 Å². The lowest BCUT2D eigenvalue weighted by Gasteiger charge is -2.22. The van der Waals surface area contributed by atoms with Crippen molar-refractivity contribution in [2.45, 2.75) is 37.8 Å². The lowest BCUT2D eigenvalue weighted by Crippen LogP contribution is -2.54. The number of amides is 5. The summed E-state index contributed by atoms with van der Waals surface area (Å²) in [6, 6.07) is 19.6. The second-order valence-electron chi connectivity index (χ2n) is 13.0. The molecule has 7 N–H and O–H groups in total. The van der Waals surface area contributed by atoms with Gasteiger partial charge in [-0.25, -0.2) is 14.8 Å². The molecule has 0 saturated heterocycles. The molecule has 2 aromatic heterocycles. The average Bonchev–Trinajstić information content (AvgIpc) is 3.44. The summed E-state index contributed by atoms with van der Waals surface area (Å²) >= 11 is 0. The van der Waals surface area contributed by atoms with Crippen molar-refractivity contribution >= 4 is 52.6 Å². The largest absolute Gasteiger partial charge is 0.494 e. The quantitative estimate of drug-likeness (QED) is 0.0570. The third-order valence-corrected chi connectivity index (χ3v) is 8.91. The molecular weight excluding hydrogens is 738 g/mol. The highest BCUT2D eigenvalue weighted by molar-refractivity contribution is 6.21. The van der Waals surface area contributed by atoms with Crippen molar-refractivity contribution in [3.05, 3.63) is 123 Å².